The van der Waals surface area contributed by atoms with E-state index in [4.69, 9.17) is 0 Å². The normalized spacial score (nSPS) is 10.5. The van der Waals surface area contributed by atoms with E-state index in [1.807, 2.05) is 0 Å². The Hall–Kier alpha value is -2.16. The van der Waals surface area contributed by atoms with Crippen molar-refractivity contribution in [1.29, 1.82) is 0 Å². The first-order chi connectivity index (χ1) is 9.85. The highest BCUT2D eigenvalue weighted by atomic mass is 79.9. The molecule has 0 bridgehead atoms. The Kier molecular flexibility index (Phi) is 4.12. The van der Waals surface area contributed by atoms with Crippen LogP contribution in [0.2, 0.25) is 0 Å². The average Bonchev–Trinajstić information content (AvgIpc) is 2.91. The summed E-state index contributed by atoms with van der Waals surface area (Å²) in [6.45, 7) is 1.74. The molecule has 1 N–H and O–H groups in total. The van der Waals surface area contributed by atoms with Crippen LogP contribution in [-0.2, 0) is 18.8 Å². The van der Waals surface area contributed by atoms with E-state index in [1.54, 1.807) is 27.2 Å². The summed E-state index contributed by atoms with van der Waals surface area (Å²) >= 11 is 3.26. The number of rotatable bonds is 3. The molecule has 2 rings (SSSR count). The van der Waals surface area contributed by atoms with Gasteiger partial charge in [0.1, 0.15) is 0 Å². The molecule has 0 aliphatic heterocycles. The van der Waals surface area contributed by atoms with E-state index in [0.29, 0.717) is 15.9 Å². The van der Waals surface area contributed by atoms with Crippen molar-refractivity contribution in [3.8, 4) is 0 Å². The van der Waals surface area contributed by atoms with Gasteiger partial charge in [0.15, 0.2) is 11.4 Å². The van der Waals surface area contributed by atoms with E-state index in [2.05, 4.69) is 36.2 Å². The van der Waals surface area contributed by atoms with Crippen molar-refractivity contribution in [2.45, 2.75) is 6.92 Å². The van der Waals surface area contributed by atoms with Crippen LogP contribution in [0, 0.1) is 6.92 Å². The Morgan fingerprint density at radius 2 is 1.95 bits per heavy atom. The highest BCUT2D eigenvalue weighted by Gasteiger charge is 2.24. The fourth-order valence-corrected chi connectivity index (χ4v) is 2.34. The lowest BCUT2D eigenvalue weighted by Crippen LogP contribution is -2.16. The second kappa shape index (κ2) is 5.68. The third kappa shape index (κ3) is 2.82. The molecular weight excluding hydrogens is 342 g/mol. The van der Waals surface area contributed by atoms with Gasteiger partial charge in [0.2, 0.25) is 0 Å². The molecular formula is C12H14BrN5O3. The minimum Gasteiger partial charge on any atom is -0.464 e. The van der Waals surface area contributed by atoms with Gasteiger partial charge in [0, 0.05) is 20.3 Å². The van der Waals surface area contributed by atoms with E-state index in [9.17, 15) is 9.59 Å². The topological polar surface area (TPSA) is 91.0 Å². The van der Waals surface area contributed by atoms with Crippen LogP contribution in [0.3, 0.4) is 0 Å². The number of hydrogen-bond acceptors (Lipinski definition) is 5. The lowest BCUT2D eigenvalue weighted by atomic mass is 10.2. The Morgan fingerprint density at radius 1 is 1.29 bits per heavy atom. The highest BCUT2D eigenvalue weighted by Crippen LogP contribution is 2.22. The molecule has 0 aliphatic rings. The SMILES string of the molecule is COC(=O)c1nn(C)c(C)c1NC(=O)c1nn(C)cc1Br. The van der Waals surface area contributed by atoms with Gasteiger partial charge in [0.05, 0.1) is 23.0 Å². The summed E-state index contributed by atoms with van der Waals surface area (Å²) < 4.78 is 8.23. The van der Waals surface area contributed by atoms with Crippen molar-refractivity contribution < 1.29 is 14.3 Å². The Morgan fingerprint density at radius 3 is 2.48 bits per heavy atom. The minimum absolute atomic E-state index is 0.0536. The van der Waals surface area contributed by atoms with E-state index in [0.717, 1.165) is 0 Å². The first-order valence-electron chi connectivity index (χ1n) is 5.97. The van der Waals surface area contributed by atoms with Gasteiger partial charge in [-0.25, -0.2) is 4.79 Å². The summed E-state index contributed by atoms with van der Waals surface area (Å²) in [5, 5.41) is 10.8. The second-order valence-electron chi connectivity index (χ2n) is 4.38. The molecule has 9 heteroatoms. The van der Waals surface area contributed by atoms with Gasteiger partial charge < -0.3 is 10.1 Å². The molecule has 0 radical (unpaired) electrons. The molecule has 0 fully saturated rings. The van der Waals surface area contributed by atoms with Gasteiger partial charge in [-0.1, -0.05) is 0 Å². The Labute approximate surface area is 129 Å². The van der Waals surface area contributed by atoms with E-state index < -0.39 is 11.9 Å². The fraction of sp³-hybridized carbons (Fsp3) is 0.333. The number of hydrogen-bond donors (Lipinski definition) is 1. The number of esters is 1. The van der Waals surface area contributed by atoms with Crippen LogP contribution in [0.15, 0.2) is 10.7 Å². The number of amides is 1. The number of carbonyl (C=O) groups excluding carboxylic acids is 2. The van der Waals surface area contributed by atoms with Crippen LogP contribution < -0.4 is 5.32 Å². The van der Waals surface area contributed by atoms with Gasteiger partial charge in [0.25, 0.3) is 5.91 Å². The van der Waals surface area contributed by atoms with Crippen molar-refractivity contribution in [2.75, 3.05) is 12.4 Å². The molecule has 2 aromatic heterocycles. The number of carbonyl (C=O) groups is 2. The fourth-order valence-electron chi connectivity index (χ4n) is 1.78. The van der Waals surface area contributed by atoms with E-state index in [1.165, 1.54) is 16.5 Å². The molecule has 2 aromatic rings. The standard InChI is InChI=1S/C12H14BrN5O3/c1-6-8(10(12(20)21-4)16-18(6)3)14-11(19)9-7(13)5-17(2)15-9/h5H,1-4H3,(H,14,19). The zero-order chi connectivity index (χ0) is 15.7. The van der Waals surface area contributed by atoms with Gasteiger partial charge in [-0.2, -0.15) is 10.2 Å². The highest BCUT2D eigenvalue weighted by molar-refractivity contribution is 9.10. The molecule has 21 heavy (non-hydrogen) atoms. The maximum absolute atomic E-state index is 12.3. The average molecular weight is 356 g/mol. The number of halogens is 1. The minimum atomic E-state index is -0.617. The molecule has 8 nitrogen and oxygen atoms in total. The molecule has 0 saturated carbocycles. The van der Waals surface area contributed by atoms with Crippen LogP contribution >= 0.6 is 15.9 Å². The number of ether oxygens (including phenoxy) is 1. The summed E-state index contributed by atoms with van der Waals surface area (Å²) in [5.74, 6) is -1.06. The summed E-state index contributed by atoms with van der Waals surface area (Å²) in [7, 11) is 4.64. The molecule has 2 heterocycles. The van der Waals surface area contributed by atoms with Gasteiger partial charge in [-0.05, 0) is 22.9 Å². The number of aryl methyl sites for hydroxylation is 2. The first-order valence-corrected chi connectivity index (χ1v) is 6.76. The van der Waals surface area contributed by atoms with Crippen molar-refractivity contribution in [3.05, 3.63) is 27.8 Å². The van der Waals surface area contributed by atoms with Crippen molar-refractivity contribution in [2.24, 2.45) is 14.1 Å². The maximum atomic E-state index is 12.3. The lowest BCUT2D eigenvalue weighted by Gasteiger charge is -2.05. The van der Waals surface area contributed by atoms with Crippen molar-refractivity contribution >= 4 is 33.5 Å². The predicted octanol–water partition coefficient (Wildman–Crippen LogP) is 1.26. The van der Waals surface area contributed by atoms with Crippen molar-refractivity contribution in [1.82, 2.24) is 19.6 Å². The molecule has 0 aromatic carbocycles. The molecule has 0 spiro atoms. The first kappa shape index (κ1) is 15.2. The molecule has 0 saturated heterocycles. The third-order valence-electron chi connectivity index (χ3n) is 2.95. The molecule has 0 aliphatic carbocycles. The molecule has 0 unspecified atom stereocenters. The molecule has 112 valence electrons. The van der Waals surface area contributed by atoms with E-state index >= 15 is 0 Å². The monoisotopic (exact) mass is 355 g/mol. The predicted molar refractivity (Wildman–Crippen MR) is 78.1 cm³/mol. The third-order valence-corrected chi connectivity index (χ3v) is 3.53. The Balaban J connectivity index is 2.37. The Bertz CT molecular complexity index is 719. The van der Waals surface area contributed by atoms with Crippen molar-refractivity contribution in [3.63, 3.8) is 0 Å². The largest absolute Gasteiger partial charge is 0.464 e. The molecule has 0 atom stereocenters. The van der Waals surface area contributed by atoms with Crippen LogP contribution in [0.4, 0.5) is 5.69 Å². The zero-order valence-electron chi connectivity index (χ0n) is 12.0. The summed E-state index contributed by atoms with van der Waals surface area (Å²) in [4.78, 5) is 24.0. The van der Waals surface area contributed by atoms with Gasteiger partial charge in [-0.15, -0.1) is 0 Å². The smallest absolute Gasteiger partial charge is 0.360 e. The van der Waals surface area contributed by atoms with Crippen LogP contribution in [-0.4, -0.2) is 38.5 Å². The van der Waals surface area contributed by atoms with Gasteiger partial charge >= 0.3 is 5.97 Å². The molecule has 1 amide bonds. The van der Waals surface area contributed by atoms with E-state index in [-0.39, 0.29) is 11.4 Å². The lowest BCUT2D eigenvalue weighted by molar-refractivity contribution is 0.0594. The van der Waals surface area contributed by atoms with Gasteiger partial charge in [-0.3, -0.25) is 14.2 Å². The number of anilines is 1. The maximum Gasteiger partial charge on any atom is 0.360 e. The number of aromatic nitrogens is 4. The summed E-state index contributed by atoms with van der Waals surface area (Å²) in [5.41, 5.74) is 1.22. The van der Waals surface area contributed by atoms with Crippen LogP contribution in [0.5, 0.6) is 0 Å². The summed E-state index contributed by atoms with van der Waals surface area (Å²) in [6, 6.07) is 0. The van der Waals surface area contributed by atoms with Crippen LogP contribution in [0.25, 0.3) is 0 Å². The number of nitrogens with one attached hydrogen (secondary N) is 1. The summed E-state index contributed by atoms with van der Waals surface area (Å²) in [6.07, 6.45) is 1.66. The second-order valence-corrected chi connectivity index (χ2v) is 5.23. The quantitative estimate of drug-likeness (QED) is 0.837. The number of methoxy groups -OCH3 is 1. The van der Waals surface area contributed by atoms with Crippen LogP contribution in [0.1, 0.15) is 26.7 Å². The zero-order valence-corrected chi connectivity index (χ0v) is 13.6. The number of nitrogens with zero attached hydrogens (tertiary/aromatic N) is 4.